The van der Waals surface area contributed by atoms with E-state index in [0.717, 1.165) is 12.8 Å². The van der Waals surface area contributed by atoms with E-state index in [1.54, 1.807) is 31.3 Å². The normalized spacial score (nSPS) is 15.6. The van der Waals surface area contributed by atoms with Crippen molar-refractivity contribution in [3.63, 3.8) is 0 Å². The van der Waals surface area contributed by atoms with Crippen LogP contribution in [-0.2, 0) is 16.0 Å². The number of esters is 1. The third kappa shape index (κ3) is 4.81. The molecular formula is C27H25N5O7. The largest absolute Gasteiger partial charge is 0.462 e. The van der Waals surface area contributed by atoms with E-state index < -0.39 is 22.4 Å². The van der Waals surface area contributed by atoms with Crippen LogP contribution in [0.15, 0.2) is 58.4 Å². The van der Waals surface area contributed by atoms with Gasteiger partial charge in [0.1, 0.15) is 16.9 Å². The number of ether oxygens (including phenoxy) is 2. The van der Waals surface area contributed by atoms with Crippen molar-refractivity contribution in [3.05, 3.63) is 91.3 Å². The molecule has 0 radical (unpaired) electrons. The van der Waals surface area contributed by atoms with Gasteiger partial charge in [-0.2, -0.15) is 4.99 Å². The molecule has 1 saturated heterocycles. The molecule has 39 heavy (non-hydrogen) atoms. The van der Waals surface area contributed by atoms with Gasteiger partial charge in [-0.15, -0.1) is 0 Å². The number of nitro groups is 1. The average Bonchev–Trinajstić information content (AvgIpc) is 3.43. The Hall–Kier alpha value is -4.71. The molecule has 4 heterocycles. The minimum Gasteiger partial charge on any atom is -0.462 e. The number of benzene rings is 1. The Kier molecular flexibility index (Phi) is 7.03. The highest BCUT2D eigenvalue weighted by atomic mass is 16.6. The maximum absolute atomic E-state index is 13.5. The van der Waals surface area contributed by atoms with Crippen LogP contribution in [0.2, 0.25) is 0 Å². The maximum Gasteiger partial charge on any atom is 0.341 e. The van der Waals surface area contributed by atoms with E-state index in [1.807, 2.05) is 0 Å². The molecule has 5 rings (SSSR count). The van der Waals surface area contributed by atoms with Crippen LogP contribution in [0, 0.1) is 17.0 Å². The molecular weight excluding hydrogens is 506 g/mol. The van der Waals surface area contributed by atoms with Gasteiger partial charge in [0.25, 0.3) is 17.2 Å². The molecule has 1 aliphatic rings. The number of aromatic nitrogens is 3. The van der Waals surface area contributed by atoms with Crippen LogP contribution >= 0.6 is 0 Å². The third-order valence-electron chi connectivity index (χ3n) is 6.64. The van der Waals surface area contributed by atoms with Crippen molar-refractivity contribution in [2.75, 3.05) is 13.2 Å². The van der Waals surface area contributed by atoms with Crippen LogP contribution in [0.25, 0.3) is 16.7 Å². The number of amides is 1. The predicted octanol–water partition coefficient (Wildman–Crippen LogP) is 2.96. The van der Waals surface area contributed by atoms with Crippen molar-refractivity contribution in [3.8, 4) is 0 Å². The molecule has 12 nitrogen and oxygen atoms in total. The summed E-state index contributed by atoms with van der Waals surface area (Å²) in [4.78, 5) is 59.9. The number of nitro benzene ring substituents is 1. The predicted molar refractivity (Wildman–Crippen MR) is 140 cm³/mol. The first kappa shape index (κ1) is 25.9. The maximum atomic E-state index is 13.5. The summed E-state index contributed by atoms with van der Waals surface area (Å²) >= 11 is 0. The topological polar surface area (TPSA) is 147 Å². The first-order chi connectivity index (χ1) is 18.8. The van der Waals surface area contributed by atoms with Crippen molar-refractivity contribution < 1.29 is 24.0 Å². The molecule has 0 aliphatic carbocycles. The summed E-state index contributed by atoms with van der Waals surface area (Å²) in [6.45, 7) is 3.87. The van der Waals surface area contributed by atoms with E-state index in [1.165, 1.54) is 40.2 Å². The van der Waals surface area contributed by atoms with Crippen LogP contribution in [-0.4, -0.2) is 50.1 Å². The van der Waals surface area contributed by atoms with E-state index in [2.05, 4.69) is 9.98 Å². The molecule has 0 N–H and O–H groups in total. The summed E-state index contributed by atoms with van der Waals surface area (Å²) in [5.41, 5.74) is -0.0720. The first-order valence-electron chi connectivity index (χ1n) is 12.5. The highest BCUT2D eigenvalue weighted by molar-refractivity contribution is 5.98. The minimum atomic E-state index is -0.792. The molecule has 0 spiro atoms. The van der Waals surface area contributed by atoms with E-state index in [0.29, 0.717) is 12.3 Å². The lowest BCUT2D eigenvalue weighted by molar-refractivity contribution is -0.385. The summed E-state index contributed by atoms with van der Waals surface area (Å²) in [7, 11) is 0. The van der Waals surface area contributed by atoms with E-state index in [4.69, 9.17) is 9.47 Å². The number of rotatable bonds is 6. The first-order valence-corrected chi connectivity index (χ1v) is 12.5. The molecule has 1 aromatic carbocycles. The molecule has 0 bridgehead atoms. The van der Waals surface area contributed by atoms with Gasteiger partial charge in [-0.25, -0.2) is 9.78 Å². The monoisotopic (exact) mass is 531 g/mol. The fraction of sp³-hybridized carbons (Fsp3) is 0.296. The Morgan fingerprint density at radius 1 is 1.23 bits per heavy atom. The number of hydrogen-bond acceptors (Lipinski definition) is 8. The highest BCUT2D eigenvalue weighted by Crippen LogP contribution is 2.22. The van der Waals surface area contributed by atoms with Crippen LogP contribution in [0.4, 0.5) is 5.69 Å². The summed E-state index contributed by atoms with van der Waals surface area (Å²) in [5, 5.41) is 11.6. The Morgan fingerprint density at radius 3 is 2.77 bits per heavy atom. The summed E-state index contributed by atoms with van der Waals surface area (Å²) < 4.78 is 14.0. The molecule has 1 fully saturated rings. The van der Waals surface area contributed by atoms with Gasteiger partial charge in [-0.05, 0) is 51.0 Å². The zero-order valence-corrected chi connectivity index (χ0v) is 21.3. The van der Waals surface area contributed by atoms with Crippen molar-refractivity contribution in [2.24, 2.45) is 4.99 Å². The highest BCUT2D eigenvalue weighted by Gasteiger charge is 2.25. The van der Waals surface area contributed by atoms with Crippen LogP contribution in [0.5, 0.6) is 0 Å². The second-order valence-corrected chi connectivity index (χ2v) is 9.05. The van der Waals surface area contributed by atoms with Gasteiger partial charge in [-0.3, -0.25) is 24.1 Å². The van der Waals surface area contributed by atoms with Crippen molar-refractivity contribution in [2.45, 2.75) is 39.3 Å². The van der Waals surface area contributed by atoms with Crippen LogP contribution in [0.3, 0.4) is 0 Å². The fourth-order valence-electron chi connectivity index (χ4n) is 4.73. The van der Waals surface area contributed by atoms with E-state index >= 15 is 0 Å². The summed E-state index contributed by atoms with van der Waals surface area (Å²) in [5.74, 6) is -1.57. The molecule has 4 aromatic rings. The van der Waals surface area contributed by atoms with Gasteiger partial charge < -0.3 is 14.0 Å². The van der Waals surface area contributed by atoms with Crippen molar-refractivity contribution >= 4 is 34.2 Å². The Bertz CT molecular complexity index is 1770. The van der Waals surface area contributed by atoms with Gasteiger partial charge >= 0.3 is 5.97 Å². The Balaban J connectivity index is 1.86. The van der Waals surface area contributed by atoms with Crippen molar-refractivity contribution in [1.29, 1.82) is 0 Å². The number of carbonyl (C=O) groups excluding carboxylic acids is 2. The lowest BCUT2D eigenvalue weighted by Gasteiger charge is -2.18. The number of pyridine rings is 2. The zero-order chi connectivity index (χ0) is 27.7. The van der Waals surface area contributed by atoms with Crippen LogP contribution < -0.4 is 11.0 Å². The zero-order valence-electron chi connectivity index (χ0n) is 21.3. The lowest BCUT2D eigenvalue weighted by Crippen LogP contribution is -2.35. The van der Waals surface area contributed by atoms with Gasteiger partial charge in [0.05, 0.1) is 35.1 Å². The van der Waals surface area contributed by atoms with Crippen molar-refractivity contribution in [1.82, 2.24) is 14.0 Å². The second-order valence-electron chi connectivity index (χ2n) is 9.05. The summed E-state index contributed by atoms with van der Waals surface area (Å²) in [6.07, 6.45) is 2.86. The Labute approximate surface area is 221 Å². The van der Waals surface area contributed by atoms with Gasteiger partial charge in [-0.1, -0.05) is 12.1 Å². The molecule has 3 aromatic heterocycles. The molecule has 1 unspecified atom stereocenters. The lowest BCUT2D eigenvalue weighted by atomic mass is 10.1. The third-order valence-corrected chi connectivity index (χ3v) is 6.64. The fourth-order valence-corrected chi connectivity index (χ4v) is 4.73. The molecule has 1 amide bonds. The quantitative estimate of drug-likeness (QED) is 0.160. The summed E-state index contributed by atoms with van der Waals surface area (Å²) in [6, 6.07) is 10.6. The van der Waals surface area contributed by atoms with Crippen LogP contribution in [0.1, 0.15) is 46.0 Å². The molecule has 1 aliphatic heterocycles. The number of nitrogens with zero attached hydrogens (tertiary/aromatic N) is 5. The minimum absolute atomic E-state index is 0.00862. The number of carbonyl (C=O) groups is 2. The number of fused-ring (bicyclic) bond motifs is 2. The smallest absolute Gasteiger partial charge is 0.341 e. The SMILES string of the molecule is CCOC(=O)c1cc2c(=O)n3ccccc3nc2n(CC2CCCO2)c1=NC(=O)c1cccc([N+](=O)[O-])c1C. The molecule has 200 valence electrons. The van der Waals surface area contributed by atoms with E-state index in [-0.39, 0.29) is 58.2 Å². The average molecular weight is 532 g/mol. The van der Waals surface area contributed by atoms with Gasteiger partial charge in [0.2, 0.25) is 0 Å². The second kappa shape index (κ2) is 10.6. The standard InChI is InChI=1S/C27H25N5O7/c1-3-38-27(35)20-14-19-23(28-22-11-4-5-12-30(22)26(19)34)31(15-17-8-7-13-39-17)24(20)29-25(33)18-9-6-10-21(16(18)2)32(36)37/h4-6,9-12,14,17H,3,7-8,13,15H2,1-2H3. The number of hydrogen-bond donors (Lipinski definition) is 0. The molecule has 1 atom stereocenters. The van der Waals surface area contributed by atoms with Gasteiger partial charge in [0, 0.05) is 24.4 Å². The molecule has 12 heteroatoms. The Morgan fingerprint density at radius 2 is 2.05 bits per heavy atom. The van der Waals surface area contributed by atoms with Gasteiger partial charge in [0.15, 0.2) is 5.49 Å². The van der Waals surface area contributed by atoms with E-state index in [9.17, 15) is 24.5 Å². The molecule has 0 saturated carbocycles.